The van der Waals surface area contributed by atoms with Gasteiger partial charge in [0, 0.05) is 22.6 Å². The molecule has 0 bridgehead atoms. The number of aliphatic carboxylic acids is 1. The van der Waals surface area contributed by atoms with Crippen LogP contribution in [0.3, 0.4) is 0 Å². The molecule has 0 atom stereocenters. The molecule has 0 fully saturated rings. The summed E-state index contributed by atoms with van der Waals surface area (Å²) in [4.78, 5) is 11.7. The van der Waals surface area contributed by atoms with Crippen molar-refractivity contribution in [3.8, 4) is 5.75 Å². The Morgan fingerprint density at radius 2 is 1.96 bits per heavy atom. The van der Waals surface area contributed by atoms with Gasteiger partial charge in [-0.3, -0.25) is 0 Å². The number of nitrogens with zero attached hydrogens (tertiary/aromatic N) is 2. The van der Waals surface area contributed by atoms with E-state index in [0.29, 0.717) is 28.6 Å². The third-order valence-corrected chi connectivity index (χ3v) is 4.93. The summed E-state index contributed by atoms with van der Waals surface area (Å²) in [5, 5.41) is 18.1. The summed E-state index contributed by atoms with van der Waals surface area (Å²) < 4.78 is 11.3. The molecule has 8 heteroatoms. The van der Waals surface area contributed by atoms with Crippen molar-refractivity contribution < 1.29 is 19.1 Å². The number of ether oxygens (including phenoxy) is 1. The fourth-order valence-corrected chi connectivity index (χ4v) is 3.17. The van der Waals surface area contributed by atoms with Crippen LogP contribution in [-0.2, 0) is 17.8 Å². The van der Waals surface area contributed by atoms with Crippen LogP contribution in [0.5, 0.6) is 5.75 Å². The molecule has 0 radical (unpaired) electrons. The highest BCUT2D eigenvalue weighted by Crippen LogP contribution is 2.30. The molecular weight excluding hydrogens is 400 g/mol. The third-order valence-electron chi connectivity index (χ3n) is 3.71. The molecule has 0 aliphatic heterocycles. The van der Waals surface area contributed by atoms with E-state index in [-0.39, 0.29) is 16.7 Å². The molecular formula is C20H17ClN2O4S. The lowest BCUT2D eigenvalue weighted by Gasteiger charge is -2.11. The number of carbonyl (C=O) groups is 1. The van der Waals surface area contributed by atoms with E-state index >= 15 is 0 Å². The lowest BCUT2D eigenvalue weighted by atomic mass is 10.2. The molecule has 0 aliphatic rings. The lowest BCUT2D eigenvalue weighted by molar-refractivity contribution is -0.131. The van der Waals surface area contributed by atoms with E-state index in [1.165, 1.54) is 6.08 Å². The second-order valence-corrected chi connectivity index (χ2v) is 7.05. The first-order chi connectivity index (χ1) is 13.6. The Morgan fingerprint density at radius 1 is 1.21 bits per heavy atom. The number of carboxylic acids is 1. The highest BCUT2D eigenvalue weighted by molar-refractivity contribution is 8.03. The van der Waals surface area contributed by atoms with E-state index in [2.05, 4.69) is 10.2 Å². The molecule has 1 aromatic heterocycles. The number of aromatic nitrogens is 2. The van der Waals surface area contributed by atoms with E-state index < -0.39 is 5.97 Å². The Bertz CT molecular complexity index is 1000. The van der Waals surface area contributed by atoms with Gasteiger partial charge in [0.15, 0.2) is 0 Å². The van der Waals surface area contributed by atoms with Crippen LogP contribution in [0.15, 0.2) is 63.1 Å². The number of hydrogen-bond donors (Lipinski definition) is 1. The van der Waals surface area contributed by atoms with E-state index in [1.807, 2.05) is 31.2 Å². The second-order valence-electron chi connectivity index (χ2n) is 5.65. The van der Waals surface area contributed by atoms with E-state index in [4.69, 9.17) is 20.8 Å². The third kappa shape index (κ3) is 5.15. The Morgan fingerprint density at radius 3 is 2.68 bits per heavy atom. The minimum absolute atomic E-state index is 0.0418. The predicted molar refractivity (Wildman–Crippen MR) is 107 cm³/mol. The number of thioether (sulfide) groups is 1. The SMILES string of the molecule is CCc1nnc(S/C(=C\c2ccccc2OCc2ccccc2Cl)C(=O)O)o1. The number of rotatable bonds is 8. The van der Waals surface area contributed by atoms with Gasteiger partial charge in [-0.25, -0.2) is 4.79 Å². The van der Waals surface area contributed by atoms with E-state index in [0.717, 1.165) is 17.3 Å². The molecule has 3 aromatic rings. The molecule has 144 valence electrons. The minimum Gasteiger partial charge on any atom is -0.488 e. The predicted octanol–water partition coefficient (Wildman–Crippen LogP) is 5.08. The Kier molecular flexibility index (Phi) is 6.73. The van der Waals surface area contributed by atoms with Crippen LogP contribution < -0.4 is 4.74 Å². The normalized spacial score (nSPS) is 11.4. The van der Waals surface area contributed by atoms with Crippen molar-refractivity contribution in [3.05, 3.63) is 75.5 Å². The summed E-state index contributed by atoms with van der Waals surface area (Å²) in [7, 11) is 0. The number of aryl methyl sites for hydroxylation is 1. The van der Waals surface area contributed by atoms with Crippen LogP contribution in [0.4, 0.5) is 0 Å². The molecule has 0 aliphatic carbocycles. The molecule has 28 heavy (non-hydrogen) atoms. The minimum atomic E-state index is -1.10. The highest BCUT2D eigenvalue weighted by atomic mass is 35.5. The van der Waals surface area contributed by atoms with Crippen molar-refractivity contribution in [1.82, 2.24) is 10.2 Å². The summed E-state index contributed by atoms with van der Waals surface area (Å²) in [5.41, 5.74) is 1.46. The van der Waals surface area contributed by atoms with E-state index in [9.17, 15) is 9.90 Å². The lowest BCUT2D eigenvalue weighted by Crippen LogP contribution is -2.00. The first-order valence-corrected chi connectivity index (χ1v) is 9.66. The Hall–Kier alpha value is -2.77. The monoisotopic (exact) mass is 416 g/mol. The molecule has 1 N–H and O–H groups in total. The second kappa shape index (κ2) is 9.43. The molecule has 0 unspecified atom stereocenters. The first kappa shape index (κ1) is 20.0. The van der Waals surface area contributed by atoms with Gasteiger partial charge in [0.1, 0.15) is 17.3 Å². The van der Waals surface area contributed by atoms with Crippen molar-refractivity contribution in [2.45, 2.75) is 25.2 Å². The van der Waals surface area contributed by atoms with Gasteiger partial charge >= 0.3 is 5.97 Å². The molecule has 0 saturated heterocycles. The highest BCUT2D eigenvalue weighted by Gasteiger charge is 2.16. The maximum absolute atomic E-state index is 11.7. The van der Waals surface area contributed by atoms with Gasteiger partial charge in [-0.05, 0) is 30.0 Å². The van der Waals surface area contributed by atoms with Crippen LogP contribution in [-0.4, -0.2) is 21.3 Å². The average Bonchev–Trinajstić information content (AvgIpc) is 3.15. The molecule has 0 saturated carbocycles. The Labute approximate surface area is 171 Å². The van der Waals surface area contributed by atoms with Crippen LogP contribution >= 0.6 is 23.4 Å². The van der Waals surface area contributed by atoms with Crippen molar-refractivity contribution >= 4 is 35.4 Å². The summed E-state index contributed by atoms with van der Waals surface area (Å²) in [6.45, 7) is 2.14. The maximum Gasteiger partial charge on any atom is 0.342 e. The van der Waals surface area contributed by atoms with Crippen LogP contribution in [0.1, 0.15) is 23.9 Å². The van der Waals surface area contributed by atoms with Gasteiger partial charge in [-0.2, -0.15) is 0 Å². The zero-order chi connectivity index (χ0) is 19.9. The zero-order valence-electron chi connectivity index (χ0n) is 15.0. The largest absolute Gasteiger partial charge is 0.488 e. The number of benzene rings is 2. The fourth-order valence-electron chi connectivity index (χ4n) is 2.29. The van der Waals surface area contributed by atoms with Gasteiger partial charge in [0.05, 0.1) is 0 Å². The zero-order valence-corrected chi connectivity index (χ0v) is 16.5. The average molecular weight is 417 g/mol. The summed E-state index contributed by atoms with van der Waals surface area (Å²) in [6, 6.07) is 14.6. The molecule has 0 spiro atoms. The number of para-hydroxylation sites is 1. The number of carboxylic acid groups (broad SMARTS) is 1. The van der Waals surface area contributed by atoms with Crippen molar-refractivity contribution in [2.75, 3.05) is 0 Å². The van der Waals surface area contributed by atoms with Gasteiger partial charge < -0.3 is 14.3 Å². The molecule has 0 amide bonds. The van der Waals surface area contributed by atoms with Crippen molar-refractivity contribution in [3.63, 3.8) is 0 Å². The standard InChI is InChI=1S/C20H17ClN2O4S/c1-2-18-22-23-20(27-18)28-17(19(24)25)11-13-7-4-6-10-16(13)26-12-14-8-3-5-9-15(14)21/h3-11H,2,12H2,1H3,(H,24,25)/b17-11-. The summed E-state index contributed by atoms with van der Waals surface area (Å²) >= 11 is 7.06. The summed E-state index contributed by atoms with van der Waals surface area (Å²) in [5.74, 6) is -0.0978. The van der Waals surface area contributed by atoms with Crippen LogP contribution in [0, 0.1) is 0 Å². The van der Waals surface area contributed by atoms with Crippen LogP contribution in [0.2, 0.25) is 5.02 Å². The first-order valence-electron chi connectivity index (χ1n) is 8.47. The Balaban J connectivity index is 1.82. The molecule has 6 nitrogen and oxygen atoms in total. The molecule has 1 heterocycles. The van der Waals surface area contributed by atoms with Crippen molar-refractivity contribution in [2.24, 2.45) is 0 Å². The van der Waals surface area contributed by atoms with Gasteiger partial charge in [0.2, 0.25) is 5.89 Å². The maximum atomic E-state index is 11.7. The fraction of sp³-hybridized carbons (Fsp3) is 0.150. The molecule has 2 aromatic carbocycles. The smallest absolute Gasteiger partial charge is 0.342 e. The van der Waals surface area contributed by atoms with E-state index in [1.54, 1.807) is 24.3 Å². The van der Waals surface area contributed by atoms with Crippen molar-refractivity contribution in [1.29, 1.82) is 0 Å². The topological polar surface area (TPSA) is 85.5 Å². The summed E-state index contributed by atoms with van der Waals surface area (Å²) in [6.07, 6.45) is 2.10. The van der Waals surface area contributed by atoms with Gasteiger partial charge in [-0.1, -0.05) is 54.9 Å². The van der Waals surface area contributed by atoms with Crippen LogP contribution in [0.25, 0.3) is 6.08 Å². The van der Waals surface area contributed by atoms with Gasteiger partial charge in [0.25, 0.3) is 5.22 Å². The van der Waals surface area contributed by atoms with Gasteiger partial charge in [-0.15, -0.1) is 10.2 Å². The molecule has 3 rings (SSSR count). The number of hydrogen-bond acceptors (Lipinski definition) is 6. The quantitative estimate of drug-likeness (QED) is 0.404. The number of halogens is 1.